The van der Waals surface area contributed by atoms with Gasteiger partial charge in [0.15, 0.2) is 11.6 Å². The minimum Gasteiger partial charge on any atom is -0.494 e. The molecule has 3 heteroatoms. The fraction of sp³-hybridized carbons (Fsp3) is 0.500. The third-order valence-corrected chi connectivity index (χ3v) is 2.94. The van der Waals surface area contributed by atoms with Gasteiger partial charge in [-0.1, -0.05) is 6.07 Å². The predicted octanol–water partition coefficient (Wildman–Crippen LogP) is 2.48. The molecule has 0 radical (unpaired) electrons. The summed E-state index contributed by atoms with van der Waals surface area (Å²) in [5, 5.41) is 3.41. The lowest BCUT2D eigenvalue weighted by molar-refractivity contribution is 0.386. The van der Waals surface area contributed by atoms with Crippen LogP contribution in [0.1, 0.15) is 25.3 Å². The summed E-state index contributed by atoms with van der Waals surface area (Å²) in [6.45, 7) is 2.91. The van der Waals surface area contributed by atoms with Gasteiger partial charge in [0.1, 0.15) is 0 Å². The van der Waals surface area contributed by atoms with Gasteiger partial charge in [-0.3, -0.25) is 0 Å². The Morgan fingerprint density at radius 2 is 2.20 bits per heavy atom. The molecule has 1 aromatic rings. The van der Waals surface area contributed by atoms with Gasteiger partial charge in [0, 0.05) is 12.1 Å². The summed E-state index contributed by atoms with van der Waals surface area (Å²) in [4.78, 5) is 0. The molecule has 0 atom stereocenters. The van der Waals surface area contributed by atoms with Gasteiger partial charge in [0.05, 0.1) is 7.11 Å². The van der Waals surface area contributed by atoms with E-state index in [9.17, 15) is 4.39 Å². The number of methoxy groups -OCH3 is 1. The summed E-state index contributed by atoms with van der Waals surface area (Å²) in [5.41, 5.74) is 1.25. The Bertz CT molecular complexity index is 361. The highest BCUT2D eigenvalue weighted by Gasteiger charge is 2.36. The van der Waals surface area contributed by atoms with Crippen molar-refractivity contribution >= 4 is 0 Å². The number of ether oxygens (including phenoxy) is 1. The zero-order valence-electron chi connectivity index (χ0n) is 9.14. The molecule has 0 amide bonds. The molecule has 0 aliphatic heterocycles. The van der Waals surface area contributed by atoms with Crippen molar-refractivity contribution < 1.29 is 9.13 Å². The van der Waals surface area contributed by atoms with Crippen LogP contribution in [-0.4, -0.2) is 12.6 Å². The van der Waals surface area contributed by atoms with E-state index in [-0.39, 0.29) is 11.4 Å². The number of rotatable bonds is 4. The second-order valence-electron chi connectivity index (χ2n) is 4.38. The Labute approximate surface area is 89.4 Å². The fourth-order valence-electron chi connectivity index (χ4n) is 1.50. The molecule has 1 fully saturated rings. The Hall–Kier alpha value is -1.09. The lowest BCUT2D eigenvalue weighted by Gasteiger charge is -2.11. The van der Waals surface area contributed by atoms with Crippen LogP contribution in [0.5, 0.6) is 5.75 Å². The van der Waals surface area contributed by atoms with Gasteiger partial charge in [-0.2, -0.15) is 0 Å². The van der Waals surface area contributed by atoms with E-state index in [2.05, 4.69) is 12.2 Å². The van der Waals surface area contributed by atoms with Crippen LogP contribution in [0.2, 0.25) is 0 Å². The fourth-order valence-corrected chi connectivity index (χ4v) is 1.50. The molecule has 0 unspecified atom stereocenters. The maximum absolute atomic E-state index is 13.3. The Morgan fingerprint density at radius 3 is 2.73 bits per heavy atom. The third kappa shape index (κ3) is 2.48. The summed E-state index contributed by atoms with van der Waals surface area (Å²) >= 11 is 0. The van der Waals surface area contributed by atoms with Crippen molar-refractivity contribution in [3.05, 3.63) is 29.6 Å². The molecule has 2 nitrogen and oxygen atoms in total. The van der Waals surface area contributed by atoms with Crippen LogP contribution in [0.3, 0.4) is 0 Å². The van der Waals surface area contributed by atoms with Gasteiger partial charge < -0.3 is 10.1 Å². The average molecular weight is 209 g/mol. The smallest absolute Gasteiger partial charge is 0.165 e. The van der Waals surface area contributed by atoms with Crippen LogP contribution in [0.4, 0.5) is 4.39 Å². The zero-order valence-corrected chi connectivity index (χ0v) is 9.14. The topological polar surface area (TPSA) is 21.3 Å². The van der Waals surface area contributed by atoms with Crippen molar-refractivity contribution in [2.75, 3.05) is 7.11 Å². The summed E-state index contributed by atoms with van der Waals surface area (Å²) in [5.74, 6) is 0.00846. The highest BCUT2D eigenvalue weighted by Crippen LogP contribution is 2.34. The van der Waals surface area contributed by atoms with Gasteiger partial charge in [-0.25, -0.2) is 4.39 Å². The summed E-state index contributed by atoms with van der Waals surface area (Å²) in [6.07, 6.45) is 2.43. The van der Waals surface area contributed by atoms with Crippen molar-refractivity contribution in [2.24, 2.45) is 0 Å². The number of hydrogen-bond acceptors (Lipinski definition) is 2. The molecule has 1 saturated carbocycles. The molecule has 0 spiro atoms. The van der Waals surface area contributed by atoms with Crippen LogP contribution >= 0.6 is 0 Å². The first-order valence-electron chi connectivity index (χ1n) is 5.20. The van der Waals surface area contributed by atoms with Crippen LogP contribution in [-0.2, 0) is 6.54 Å². The van der Waals surface area contributed by atoms with Crippen molar-refractivity contribution in [1.82, 2.24) is 5.32 Å². The Morgan fingerprint density at radius 1 is 1.47 bits per heavy atom. The van der Waals surface area contributed by atoms with E-state index in [4.69, 9.17) is 4.74 Å². The quantitative estimate of drug-likeness (QED) is 0.822. The van der Waals surface area contributed by atoms with E-state index < -0.39 is 0 Å². The van der Waals surface area contributed by atoms with Gasteiger partial charge in [0.25, 0.3) is 0 Å². The van der Waals surface area contributed by atoms with Crippen LogP contribution in [0.15, 0.2) is 18.2 Å². The molecule has 82 valence electrons. The van der Waals surface area contributed by atoms with Gasteiger partial charge in [0.2, 0.25) is 0 Å². The maximum atomic E-state index is 13.3. The van der Waals surface area contributed by atoms with E-state index in [0.29, 0.717) is 5.75 Å². The Kier molecular flexibility index (Phi) is 2.65. The second-order valence-corrected chi connectivity index (χ2v) is 4.38. The van der Waals surface area contributed by atoms with E-state index in [1.54, 1.807) is 6.07 Å². The summed E-state index contributed by atoms with van der Waals surface area (Å²) in [6, 6.07) is 5.08. The minimum absolute atomic E-state index is 0.288. The molecule has 1 N–H and O–H groups in total. The van der Waals surface area contributed by atoms with E-state index in [1.165, 1.54) is 26.0 Å². The lowest BCUT2D eigenvalue weighted by atomic mass is 10.2. The monoisotopic (exact) mass is 209 g/mol. The molecule has 1 aliphatic rings. The summed E-state index contributed by atoms with van der Waals surface area (Å²) < 4.78 is 18.2. The summed E-state index contributed by atoms with van der Waals surface area (Å²) in [7, 11) is 1.47. The van der Waals surface area contributed by atoms with Gasteiger partial charge in [-0.05, 0) is 37.5 Å². The van der Waals surface area contributed by atoms with Crippen LogP contribution in [0.25, 0.3) is 0 Å². The standard InChI is InChI=1S/C12H16FNO/c1-12(5-6-12)14-8-9-3-4-11(15-2)10(13)7-9/h3-4,7,14H,5-6,8H2,1-2H3. The highest BCUT2D eigenvalue weighted by atomic mass is 19.1. The predicted molar refractivity (Wildman–Crippen MR) is 57.4 cm³/mol. The highest BCUT2D eigenvalue weighted by molar-refractivity contribution is 5.29. The molecule has 2 rings (SSSR count). The van der Waals surface area contributed by atoms with Crippen molar-refractivity contribution in [3.63, 3.8) is 0 Å². The number of hydrogen-bond donors (Lipinski definition) is 1. The molecular formula is C12H16FNO. The largest absolute Gasteiger partial charge is 0.494 e. The molecule has 1 aliphatic carbocycles. The SMILES string of the molecule is COc1ccc(CNC2(C)CC2)cc1F. The first kappa shape index (κ1) is 10.4. The minimum atomic E-state index is -0.294. The van der Waals surface area contributed by atoms with Gasteiger partial charge in [-0.15, -0.1) is 0 Å². The van der Waals surface area contributed by atoms with E-state index >= 15 is 0 Å². The first-order valence-corrected chi connectivity index (χ1v) is 5.20. The molecule has 15 heavy (non-hydrogen) atoms. The zero-order chi connectivity index (χ0) is 10.9. The molecule has 1 aromatic carbocycles. The molecule has 0 aromatic heterocycles. The normalized spacial score (nSPS) is 17.5. The van der Waals surface area contributed by atoms with Crippen LogP contribution in [0, 0.1) is 5.82 Å². The molecular weight excluding hydrogens is 193 g/mol. The van der Waals surface area contributed by atoms with Crippen molar-refractivity contribution in [1.29, 1.82) is 0 Å². The number of halogens is 1. The average Bonchev–Trinajstić information content (AvgIpc) is 2.95. The first-order chi connectivity index (χ1) is 7.13. The van der Waals surface area contributed by atoms with E-state index in [1.807, 2.05) is 6.07 Å². The maximum Gasteiger partial charge on any atom is 0.165 e. The molecule has 0 heterocycles. The number of benzene rings is 1. The van der Waals surface area contributed by atoms with E-state index in [0.717, 1.165) is 12.1 Å². The Balaban J connectivity index is 1.99. The van der Waals surface area contributed by atoms with Crippen LogP contribution < -0.4 is 10.1 Å². The second kappa shape index (κ2) is 3.81. The third-order valence-electron chi connectivity index (χ3n) is 2.94. The van der Waals surface area contributed by atoms with Crippen molar-refractivity contribution in [3.8, 4) is 5.75 Å². The van der Waals surface area contributed by atoms with Crippen molar-refractivity contribution in [2.45, 2.75) is 31.8 Å². The van der Waals surface area contributed by atoms with Gasteiger partial charge >= 0.3 is 0 Å². The lowest BCUT2D eigenvalue weighted by Crippen LogP contribution is -2.26. The molecule has 0 saturated heterocycles. The number of nitrogens with one attached hydrogen (secondary N) is 1. The molecule has 0 bridgehead atoms.